The third-order valence-electron chi connectivity index (χ3n) is 4.89. The molecule has 25 heavy (non-hydrogen) atoms. The minimum absolute atomic E-state index is 0.140. The molecule has 120 valence electrons. The number of ether oxygens (including phenoxy) is 1. The summed E-state index contributed by atoms with van der Waals surface area (Å²) >= 11 is 3.76. The summed E-state index contributed by atoms with van der Waals surface area (Å²) in [5.41, 5.74) is 3.71. The Hall–Kier alpha value is -2.58. The van der Waals surface area contributed by atoms with Crippen LogP contribution in [0.4, 0.5) is 0 Å². The number of hydrogen-bond donors (Lipinski definition) is 0. The van der Waals surface area contributed by atoms with Gasteiger partial charge in [0.05, 0.1) is 0 Å². The predicted octanol–water partition coefficient (Wildman–Crippen LogP) is 6.89. The van der Waals surface area contributed by atoms with Crippen LogP contribution in [-0.4, -0.2) is 0 Å². The van der Waals surface area contributed by atoms with Crippen LogP contribution in [0.25, 0.3) is 10.8 Å². The van der Waals surface area contributed by atoms with Gasteiger partial charge in [-0.3, -0.25) is 0 Å². The van der Waals surface area contributed by atoms with Crippen molar-refractivity contribution in [2.75, 3.05) is 0 Å². The number of halogens is 1. The molecule has 0 saturated carbocycles. The standard InChI is InChI=1S/C23H15BrO/c24-19-11-5-3-9-17(19)22-18-10-4-6-12-20(18)25-21-14-13-15-7-1-2-8-16(15)23(21)22/h1-14,22H. The average molecular weight is 387 g/mol. The van der Waals surface area contributed by atoms with Gasteiger partial charge in [-0.15, -0.1) is 0 Å². The van der Waals surface area contributed by atoms with Crippen LogP contribution in [0, 0.1) is 0 Å². The van der Waals surface area contributed by atoms with Crippen molar-refractivity contribution in [1.29, 1.82) is 0 Å². The van der Waals surface area contributed by atoms with Gasteiger partial charge in [-0.1, -0.05) is 82.7 Å². The van der Waals surface area contributed by atoms with E-state index in [4.69, 9.17) is 4.74 Å². The lowest BCUT2D eigenvalue weighted by atomic mass is 9.80. The first-order valence-electron chi connectivity index (χ1n) is 8.36. The SMILES string of the molecule is Brc1ccccc1C1c2ccccc2Oc2ccc3ccccc3c21. The fourth-order valence-corrected chi connectivity index (χ4v) is 4.29. The summed E-state index contributed by atoms with van der Waals surface area (Å²) in [5.74, 6) is 2.02. The van der Waals surface area contributed by atoms with Gasteiger partial charge in [0.1, 0.15) is 11.5 Å². The molecular weight excluding hydrogens is 372 g/mol. The Morgan fingerprint density at radius 3 is 2.24 bits per heavy atom. The van der Waals surface area contributed by atoms with Crippen molar-refractivity contribution in [2.45, 2.75) is 5.92 Å². The maximum absolute atomic E-state index is 6.26. The maximum atomic E-state index is 6.26. The third-order valence-corrected chi connectivity index (χ3v) is 5.61. The number of para-hydroxylation sites is 1. The Labute approximate surface area is 155 Å². The van der Waals surface area contributed by atoms with E-state index in [-0.39, 0.29) is 5.92 Å². The molecule has 1 aliphatic heterocycles. The fourth-order valence-electron chi connectivity index (χ4n) is 3.78. The normalized spacial score (nSPS) is 15.3. The van der Waals surface area contributed by atoms with Crippen molar-refractivity contribution < 1.29 is 4.74 Å². The molecule has 4 aromatic carbocycles. The van der Waals surface area contributed by atoms with Gasteiger partial charge in [-0.05, 0) is 34.5 Å². The summed E-state index contributed by atoms with van der Waals surface area (Å²) in [7, 11) is 0. The van der Waals surface area contributed by atoms with Crippen LogP contribution < -0.4 is 4.74 Å². The van der Waals surface area contributed by atoms with E-state index in [1.54, 1.807) is 0 Å². The zero-order valence-electron chi connectivity index (χ0n) is 13.4. The van der Waals surface area contributed by atoms with E-state index in [2.05, 4.69) is 94.8 Å². The zero-order valence-corrected chi connectivity index (χ0v) is 15.0. The van der Waals surface area contributed by atoms with Gasteiger partial charge in [-0.2, -0.15) is 0 Å². The Morgan fingerprint density at radius 2 is 1.36 bits per heavy atom. The lowest BCUT2D eigenvalue weighted by Gasteiger charge is -2.30. The molecule has 4 aromatic rings. The average Bonchev–Trinajstić information content (AvgIpc) is 2.67. The van der Waals surface area contributed by atoms with Crippen molar-refractivity contribution in [3.05, 3.63) is 106 Å². The Bertz CT molecular complexity index is 1090. The Kier molecular flexibility index (Phi) is 3.39. The molecule has 1 aliphatic rings. The molecule has 0 saturated heterocycles. The van der Waals surface area contributed by atoms with Crippen LogP contribution in [0.1, 0.15) is 22.6 Å². The van der Waals surface area contributed by atoms with Crippen LogP contribution in [0.2, 0.25) is 0 Å². The molecule has 0 radical (unpaired) electrons. The smallest absolute Gasteiger partial charge is 0.132 e. The molecule has 1 unspecified atom stereocenters. The van der Waals surface area contributed by atoms with E-state index in [9.17, 15) is 0 Å². The van der Waals surface area contributed by atoms with Gasteiger partial charge in [-0.25, -0.2) is 0 Å². The second-order valence-corrected chi connectivity index (χ2v) is 7.15. The second kappa shape index (κ2) is 5.75. The molecule has 0 fully saturated rings. The first-order valence-corrected chi connectivity index (χ1v) is 9.15. The summed E-state index contributed by atoms with van der Waals surface area (Å²) < 4.78 is 7.38. The molecule has 0 bridgehead atoms. The first-order chi connectivity index (χ1) is 12.3. The van der Waals surface area contributed by atoms with Crippen molar-refractivity contribution >= 4 is 26.7 Å². The summed E-state index contributed by atoms with van der Waals surface area (Å²) in [6.07, 6.45) is 0. The van der Waals surface area contributed by atoms with E-state index in [0.29, 0.717) is 0 Å². The minimum Gasteiger partial charge on any atom is -0.457 e. The molecule has 1 nitrogen and oxygen atoms in total. The largest absolute Gasteiger partial charge is 0.457 e. The molecule has 0 aliphatic carbocycles. The zero-order chi connectivity index (χ0) is 16.8. The monoisotopic (exact) mass is 386 g/mol. The van der Waals surface area contributed by atoms with Crippen LogP contribution in [0.3, 0.4) is 0 Å². The lowest BCUT2D eigenvalue weighted by Crippen LogP contribution is -2.12. The quantitative estimate of drug-likeness (QED) is 0.304. The van der Waals surface area contributed by atoms with Gasteiger partial charge in [0.25, 0.3) is 0 Å². The number of fused-ring (bicyclic) bond motifs is 4. The molecule has 0 spiro atoms. The van der Waals surface area contributed by atoms with Gasteiger partial charge in [0, 0.05) is 21.5 Å². The third kappa shape index (κ3) is 2.29. The topological polar surface area (TPSA) is 9.23 Å². The van der Waals surface area contributed by atoms with Crippen molar-refractivity contribution in [1.82, 2.24) is 0 Å². The molecular formula is C23H15BrO. The van der Waals surface area contributed by atoms with E-state index in [1.807, 2.05) is 6.07 Å². The molecule has 0 N–H and O–H groups in total. The van der Waals surface area contributed by atoms with Gasteiger partial charge in [0.2, 0.25) is 0 Å². The van der Waals surface area contributed by atoms with Crippen LogP contribution in [0.15, 0.2) is 89.4 Å². The summed E-state index contributed by atoms with van der Waals surface area (Å²) in [6, 6.07) is 29.6. The number of rotatable bonds is 1. The first kappa shape index (κ1) is 14.7. The second-order valence-electron chi connectivity index (χ2n) is 6.29. The Balaban J connectivity index is 1.89. The fraction of sp³-hybridized carbons (Fsp3) is 0.0435. The van der Waals surface area contributed by atoms with E-state index in [0.717, 1.165) is 16.0 Å². The number of hydrogen-bond acceptors (Lipinski definition) is 1. The summed E-state index contributed by atoms with van der Waals surface area (Å²) in [5, 5.41) is 2.48. The highest BCUT2D eigenvalue weighted by molar-refractivity contribution is 9.10. The molecule has 5 rings (SSSR count). The minimum atomic E-state index is 0.140. The van der Waals surface area contributed by atoms with Crippen LogP contribution in [-0.2, 0) is 0 Å². The van der Waals surface area contributed by atoms with Gasteiger partial charge >= 0.3 is 0 Å². The molecule has 0 aromatic heterocycles. The van der Waals surface area contributed by atoms with Gasteiger partial charge in [0.15, 0.2) is 0 Å². The van der Waals surface area contributed by atoms with Crippen molar-refractivity contribution in [3.8, 4) is 11.5 Å². The van der Waals surface area contributed by atoms with Gasteiger partial charge < -0.3 is 4.74 Å². The lowest BCUT2D eigenvalue weighted by molar-refractivity contribution is 0.454. The highest BCUT2D eigenvalue weighted by Crippen LogP contribution is 2.50. The van der Waals surface area contributed by atoms with Crippen molar-refractivity contribution in [3.63, 3.8) is 0 Å². The van der Waals surface area contributed by atoms with Crippen LogP contribution >= 0.6 is 15.9 Å². The van der Waals surface area contributed by atoms with E-state index >= 15 is 0 Å². The number of benzene rings is 4. The summed E-state index contributed by atoms with van der Waals surface area (Å²) in [6.45, 7) is 0. The van der Waals surface area contributed by atoms with Crippen LogP contribution in [0.5, 0.6) is 11.5 Å². The summed E-state index contributed by atoms with van der Waals surface area (Å²) in [4.78, 5) is 0. The highest BCUT2D eigenvalue weighted by atomic mass is 79.9. The molecule has 1 atom stereocenters. The van der Waals surface area contributed by atoms with E-state index < -0.39 is 0 Å². The molecule has 0 amide bonds. The highest BCUT2D eigenvalue weighted by Gasteiger charge is 2.31. The van der Waals surface area contributed by atoms with Crippen molar-refractivity contribution in [2.24, 2.45) is 0 Å². The Morgan fingerprint density at radius 1 is 0.640 bits per heavy atom. The molecule has 1 heterocycles. The predicted molar refractivity (Wildman–Crippen MR) is 106 cm³/mol. The van der Waals surface area contributed by atoms with E-state index in [1.165, 1.54) is 27.5 Å². The maximum Gasteiger partial charge on any atom is 0.132 e. The molecule has 2 heteroatoms.